The van der Waals surface area contributed by atoms with Crippen LogP contribution in [-0.4, -0.2) is 53.1 Å². The molecule has 1 N–H and O–H groups in total. The number of carbonyl (C=O) groups is 2. The molecule has 1 heterocycles. The second kappa shape index (κ2) is 6.54. The number of nitrogens with zero attached hydrogens (tertiary/aromatic N) is 2. The summed E-state index contributed by atoms with van der Waals surface area (Å²) in [4.78, 5) is 26.3. The van der Waals surface area contributed by atoms with Crippen LogP contribution in [0.3, 0.4) is 0 Å². The maximum absolute atomic E-state index is 12.4. The largest absolute Gasteiger partial charge is 0.465 e. The van der Waals surface area contributed by atoms with Gasteiger partial charge in [-0.3, -0.25) is 4.79 Å². The molecule has 1 aliphatic rings. The van der Waals surface area contributed by atoms with E-state index < -0.39 is 6.09 Å². The van der Waals surface area contributed by atoms with Gasteiger partial charge in [0.25, 0.3) is 5.91 Å². The summed E-state index contributed by atoms with van der Waals surface area (Å²) in [6.07, 6.45) is 0.329. The molecule has 21 heavy (non-hydrogen) atoms. The highest BCUT2D eigenvalue weighted by Gasteiger charge is 2.27. The Bertz CT molecular complexity index is 557. The number of amides is 2. The molecule has 0 spiro atoms. The van der Waals surface area contributed by atoms with Gasteiger partial charge in [0.1, 0.15) is 0 Å². The third kappa shape index (κ3) is 3.60. The molecule has 0 aromatic heterocycles. The normalized spacial score (nSPS) is 15.9. The smallest absolute Gasteiger partial charge is 0.407 e. The monoisotopic (exact) mass is 330 g/mol. The first-order valence-corrected chi connectivity index (χ1v) is 7.36. The van der Waals surface area contributed by atoms with Gasteiger partial charge in [0, 0.05) is 31.7 Å². The number of hydrogen-bond donors (Lipinski definition) is 1. The third-order valence-corrected chi connectivity index (χ3v) is 4.51. The predicted octanol–water partition coefficient (Wildman–Crippen LogP) is 3.21. The summed E-state index contributed by atoms with van der Waals surface area (Å²) in [5.74, 6) is -0.106. The molecule has 2 rings (SSSR count). The van der Waals surface area contributed by atoms with Crippen LogP contribution in [0.5, 0.6) is 0 Å². The fourth-order valence-corrected chi connectivity index (χ4v) is 2.72. The Balaban J connectivity index is 2.00. The van der Waals surface area contributed by atoms with E-state index in [-0.39, 0.29) is 11.9 Å². The lowest BCUT2D eigenvalue weighted by molar-refractivity contribution is 0.0644. The lowest BCUT2D eigenvalue weighted by Gasteiger charge is -2.35. The molecule has 0 atom stereocenters. The van der Waals surface area contributed by atoms with Gasteiger partial charge in [0.15, 0.2) is 0 Å². The number of carboxylic acid groups (broad SMARTS) is 1. The van der Waals surface area contributed by atoms with E-state index in [1.807, 2.05) is 0 Å². The Hall–Kier alpha value is -1.46. The Morgan fingerprint density at radius 2 is 1.86 bits per heavy atom. The Kier molecular flexibility index (Phi) is 4.96. The van der Waals surface area contributed by atoms with Crippen LogP contribution in [-0.2, 0) is 0 Å². The quantitative estimate of drug-likeness (QED) is 0.905. The van der Waals surface area contributed by atoms with E-state index in [9.17, 15) is 9.59 Å². The zero-order valence-electron chi connectivity index (χ0n) is 11.6. The van der Waals surface area contributed by atoms with Crippen molar-refractivity contribution >= 4 is 35.2 Å². The van der Waals surface area contributed by atoms with Gasteiger partial charge < -0.3 is 14.9 Å². The minimum atomic E-state index is -0.941. The van der Waals surface area contributed by atoms with Crippen molar-refractivity contribution in [2.45, 2.75) is 18.9 Å². The second-order valence-electron chi connectivity index (χ2n) is 5.05. The summed E-state index contributed by atoms with van der Waals surface area (Å²) in [7, 11) is 1.56. The first-order chi connectivity index (χ1) is 9.90. The van der Waals surface area contributed by atoms with Crippen molar-refractivity contribution in [3.8, 4) is 0 Å². The molecule has 0 unspecified atom stereocenters. The maximum atomic E-state index is 12.4. The summed E-state index contributed by atoms with van der Waals surface area (Å²) in [6.45, 7) is 1.06. The summed E-state index contributed by atoms with van der Waals surface area (Å²) >= 11 is 11.8. The SMILES string of the molecule is CN(C(=O)O)C1CCN(C(=O)c2ccc(Cl)c(Cl)c2)CC1. The van der Waals surface area contributed by atoms with Gasteiger partial charge in [-0.2, -0.15) is 0 Å². The van der Waals surface area contributed by atoms with E-state index in [2.05, 4.69) is 0 Å². The minimum Gasteiger partial charge on any atom is -0.465 e. The van der Waals surface area contributed by atoms with E-state index >= 15 is 0 Å². The molecular weight excluding hydrogens is 315 g/mol. The molecule has 114 valence electrons. The van der Waals surface area contributed by atoms with Gasteiger partial charge in [-0.15, -0.1) is 0 Å². The van der Waals surface area contributed by atoms with Crippen LogP contribution in [0.4, 0.5) is 4.79 Å². The van der Waals surface area contributed by atoms with Crippen LogP contribution < -0.4 is 0 Å². The number of benzene rings is 1. The van der Waals surface area contributed by atoms with Crippen molar-refractivity contribution in [1.82, 2.24) is 9.80 Å². The van der Waals surface area contributed by atoms with Gasteiger partial charge >= 0.3 is 6.09 Å². The average Bonchev–Trinajstić information content (AvgIpc) is 2.48. The highest BCUT2D eigenvalue weighted by atomic mass is 35.5. The predicted molar refractivity (Wildman–Crippen MR) is 81.2 cm³/mol. The molecule has 0 saturated carbocycles. The summed E-state index contributed by atoms with van der Waals surface area (Å²) in [5.41, 5.74) is 0.495. The van der Waals surface area contributed by atoms with Crippen molar-refractivity contribution in [3.05, 3.63) is 33.8 Å². The molecule has 1 fully saturated rings. The number of rotatable bonds is 2. The topological polar surface area (TPSA) is 60.9 Å². The number of halogens is 2. The highest BCUT2D eigenvalue weighted by Crippen LogP contribution is 2.24. The number of hydrogen-bond acceptors (Lipinski definition) is 2. The zero-order valence-corrected chi connectivity index (χ0v) is 13.1. The first kappa shape index (κ1) is 15.9. The number of carbonyl (C=O) groups excluding carboxylic acids is 1. The minimum absolute atomic E-state index is 0.0413. The molecule has 1 aromatic carbocycles. The summed E-state index contributed by atoms with van der Waals surface area (Å²) in [6, 6.07) is 4.76. The van der Waals surface area contributed by atoms with Crippen molar-refractivity contribution in [2.75, 3.05) is 20.1 Å². The van der Waals surface area contributed by atoms with Crippen LogP contribution in [0, 0.1) is 0 Å². The van der Waals surface area contributed by atoms with Gasteiger partial charge in [0.05, 0.1) is 10.0 Å². The van der Waals surface area contributed by atoms with Crippen molar-refractivity contribution < 1.29 is 14.7 Å². The maximum Gasteiger partial charge on any atom is 0.407 e. The summed E-state index contributed by atoms with van der Waals surface area (Å²) < 4.78 is 0. The van der Waals surface area contributed by atoms with E-state index in [1.165, 1.54) is 4.90 Å². The fraction of sp³-hybridized carbons (Fsp3) is 0.429. The molecule has 7 heteroatoms. The first-order valence-electron chi connectivity index (χ1n) is 6.60. The molecule has 0 bridgehead atoms. The fourth-order valence-electron chi connectivity index (χ4n) is 2.42. The molecule has 0 radical (unpaired) electrons. The lowest BCUT2D eigenvalue weighted by atomic mass is 10.0. The molecule has 2 amide bonds. The van der Waals surface area contributed by atoms with Crippen molar-refractivity contribution in [3.63, 3.8) is 0 Å². The van der Waals surface area contributed by atoms with Gasteiger partial charge in [0.2, 0.25) is 0 Å². The van der Waals surface area contributed by atoms with Crippen LogP contribution in [0.2, 0.25) is 10.0 Å². The number of likely N-dealkylation sites (tertiary alicyclic amines) is 1. The van der Waals surface area contributed by atoms with E-state index in [4.69, 9.17) is 28.3 Å². The summed E-state index contributed by atoms with van der Waals surface area (Å²) in [5, 5.41) is 9.72. The second-order valence-corrected chi connectivity index (χ2v) is 5.86. The standard InChI is InChI=1S/C14H16Cl2N2O3/c1-17(14(20)21)10-4-6-18(7-5-10)13(19)9-2-3-11(15)12(16)8-9/h2-3,8,10H,4-7H2,1H3,(H,20,21). The van der Waals surface area contributed by atoms with E-state index in [0.717, 1.165) is 0 Å². The Morgan fingerprint density at radius 3 is 2.38 bits per heavy atom. The highest BCUT2D eigenvalue weighted by molar-refractivity contribution is 6.42. The molecule has 1 aromatic rings. The molecule has 5 nitrogen and oxygen atoms in total. The van der Waals surface area contributed by atoms with Gasteiger partial charge in [-0.1, -0.05) is 23.2 Å². The number of piperidine rings is 1. The van der Waals surface area contributed by atoms with Gasteiger partial charge in [-0.05, 0) is 31.0 Å². The molecular formula is C14H16Cl2N2O3. The Labute approximate surface area is 133 Å². The molecule has 1 aliphatic heterocycles. The van der Waals surface area contributed by atoms with E-state index in [1.54, 1.807) is 30.1 Å². The Morgan fingerprint density at radius 1 is 1.24 bits per heavy atom. The lowest BCUT2D eigenvalue weighted by Crippen LogP contribution is -2.46. The van der Waals surface area contributed by atoms with Crippen LogP contribution in [0.1, 0.15) is 23.2 Å². The van der Waals surface area contributed by atoms with Crippen molar-refractivity contribution in [1.29, 1.82) is 0 Å². The van der Waals surface area contributed by atoms with E-state index in [0.29, 0.717) is 41.5 Å². The van der Waals surface area contributed by atoms with Crippen LogP contribution >= 0.6 is 23.2 Å². The molecule has 0 aliphatic carbocycles. The van der Waals surface area contributed by atoms with Crippen LogP contribution in [0.15, 0.2) is 18.2 Å². The average molecular weight is 331 g/mol. The van der Waals surface area contributed by atoms with Crippen molar-refractivity contribution in [2.24, 2.45) is 0 Å². The van der Waals surface area contributed by atoms with Gasteiger partial charge in [-0.25, -0.2) is 4.79 Å². The zero-order chi connectivity index (χ0) is 15.6. The molecule has 1 saturated heterocycles. The van der Waals surface area contributed by atoms with Crippen LogP contribution in [0.25, 0.3) is 0 Å². The third-order valence-electron chi connectivity index (χ3n) is 3.77.